The first-order valence-electron chi connectivity index (χ1n) is 8.81. The lowest BCUT2D eigenvalue weighted by Crippen LogP contribution is -2.20. The number of thiazole rings is 1. The quantitative estimate of drug-likeness (QED) is 0.613. The summed E-state index contributed by atoms with van der Waals surface area (Å²) in [5.74, 6) is -0.0917. The average molecular weight is 415 g/mol. The van der Waals surface area contributed by atoms with Crippen LogP contribution in [0.15, 0.2) is 35.7 Å². The van der Waals surface area contributed by atoms with E-state index < -0.39 is 11.9 Å². The highest BCUT2D eigenvalue weighted by Gasteiger charge is 2.20. The van der Waals surface area contributed by atoms with Crippen LogP contribution in [0.3, 0.4) is 0 Å². The number of hydrogen-bond donors (Lipinski definition) is 1. The van der Waals surface area contributed by atoms with Gasteiger partial charge >= 0.3 is 5.97 Å². The third-order valence-electron chi connectivity index (χ3n) is 4.42. The van der Waals surface area contributed by atoms with Crippen molar-refractivity contribution in [3.05, 3.63) is 51.0 Å². The molecule has 1 aliphatic carbocycles. The molecule has 3 aromatic rings. The molecule has 2 heterocycles. The number of nitrogens with one attached hydrogen (secondary N) is 1. The summed E-state index contributed by atoms with van der Waals surface area (Å²) >= 11 is 2.78. The number of thiophene rings is 1. The third kappa shape index (κ3) is 4.07. The SMILES string of the molecule is COc1ccc(-c2csc(NC(=O)COC(=O)c3cc4c(s3)CCC4)n2)cc1. The van der Waals surface area contributed by atoms with E-state index in [4.69, 9.17) is 9.47 Å². The molecule has 0 unspecified atom stereocenters. The molecule has 1 amide bonds. The molecular formula is C20H18N2O4S2. The highest BCUT2D eigenvalue weighted by molar-refractivity contribution is 7.14. The highest BCUT2D eigenvalue weighted by atomic mass is 32.1. The Morgan fingerprint density at radius 2 is 2.04 bits per heavy atom. The number of anilines is 1. The number of amides is 1. The van der Waals surface area contributed by atoms with Crippen LogP contribution in [0, 0.1) is 0 Å². The molecule has 0 atom stereocenters. The van der Waals surface area contributed by atoms with Crippen LogP contribution in [0.4, 0.5) is 5.13 Å². The normalized spacial score (nSPS) is 12.5. The van der Waals surface area contributed by atoms with Gasteiger partial charge in [-0.2, -0.15) is 0 Å². The summed E-state index contributed by atoms with van der Waals surface area (Å²) in [5.41, 5.74) is 2.91. The monoisotopic (exact) mass is 414 g/mol. The Labute approximate surface area is 170 Å². The first-order chi connectivity index (χ1) is 13.6. The molecule has 2 aromatic heterocycles. The number of benzene rings is 1. The molecule has 6 nitrogen and oxygen atoms in total. The summed E-state index contributed by atoms with van der Waals surface area (Å²) in [5, 5.41) is 4.99. The zero-order chi connectivity index (χ0) is 19.5. The minimum Gasteiger partial charge on any atom is -0.497 e. The van der Waals surface area contributed by atoms with Crippen LogP contribution in [0.25, 0.3) is 11.3 Å². The highest BCUT2D eigenvalue weighted by Crippen LogP contribution is 2.31. The summed E-state index contributed by atoms with van der Waals surface area (Å²) < 4.78 is 10.3. The molecule has 8 heteroatoms. The maximum Gasteiger partial charge on any atom is 0.348 e. The Morgan fingerprint density at radius 3 is 2.79 bits per heavy atom. The van der Waals surface area contributed by atoms with Crippen molar-refractivity contribution < 1.29 is 19.1 Å². The molecule has 4 rings (SSSR count). The predicted molar refractivity (Wildman–Crippen MR) is 109 cm³/mol. The lowest BCUT2D eigenvalue weighted by molar-refractivity contribution is -0.119. The number of esters is 1. The number of aromatic nitrogens is 1. The summed E-state index contributed by atoms with van der Waals surface area (Å²) in [6.45, 7) is -0.334. The molecule has 0 aliphatic heterocycles. The van der Waals surface area contributed by atoms with Crippen molar-refractivity contribution in [2.45, 2.75) is 19.3 Å². The number of carbonyl (C=O) groups excluding carboxylic acids is 2. The van der Waals surface area contributed by atoms with Gasteiger partial charge < -0.3 is 9.47 Å². The van der Waals surface area contributed by atoms with E-state index >= 15 is 0 Å². The first-order valence-corrected chi connectivity index (χ1v) is 10.5. The van der Waals surface area contributed by atoms with Crippen molar-refractivity contribution in [3.8, 4) is 17.0 Å². The van der Waals surface area contributed by atoms with Crippen LogP contribution < -0.4 is 10.1 Å². The van der Waals surface area contributed by atoms with Crippen molar-refractivity contribution in [1.29, 1.82) is 0 Å². The topological polar surface area (TPSA) is 77.5 Å². The fourth-order valence-electron chi connectivity index (χ4n) is 3.01. The number of aryl methyl sites for hydroxylation is 2. The number of ether oxygens (including phenoxy) is 2. The Kier molecular flexibility index (Phi) is 5.40. The van der Waals surface area contributed by atoms with E-state index in [1.54, 1.807) is 7.11 Å². The van der Waals surface area contributed by atoms with E-state index in [2.05, 4.69) is 10.3 Å². The second kappa shape index (κ2) is 8.12. The third-order valence-corrected chi connectivity index (χ3v) is 6.39. The van der Waals surface area contributed by atoms with Crippen LogP contribution in [-0.2, 0) is 22.4 Å². The molecule has 0 radical (unpaired) electrons. The molecule has 0 saturated heterocycles. The lowest BCUT2D eigenvalue weighted by atomic mass is 10.2. The van der Waals surface area contributed by atoms with Crippen LogP contribution in [-0.4, -0.2) is 30.6 Å². The van der Waals surface area contributed by atoms with Crippen LogP contribution >= 0.6 is 22.7 Å². The van der Waals surface area contributed by atoms with Gasteiger partial charge in [0.05, 0.1) is 12.8 Å². The zero-order valence-electron chi connectivity index (χ0n) is 15.2. The molecule has 28 heavy (non-hydrogen) atoms. The van der Waals surface area contributed by atoms with E-state index in [0.717, 1.165) is 36.3 Å². The number of hydrogen-bond acceptors (Lipinski definition) is 7. The second-order valence-electron chi connectivity index (χ2n) is 6.30. The van der Waals surface area contributed by atoms with Gasteiger partial charge in [0.15, 0.2) is 11.7 Å². The molecular weight excluding hydrogens is 396 g/mol. The summed E-state index contributed by atoms with van der Waals surface area (Å²) in [7, 11) is 1.61. The van der Waals surface area contributed by atoms with Crippen molar-refractivity contribution in [2.75, 3.05) is 19.0 Å². The summed E-state index contributed by atoms with van der Waals surface area (Å²) in [4.78, 5) is 30.4. The minimum atomic E-state index is -0.451. The van der Waals surface area contributed by atoms with Gasteiger partial charge in [-0.05, 0) is 55.2 Å². The Hall–Kier alpha value is -2.71. The molecule has 1 aliphatic rings. The molecule has 0 spiro atoms. The van der Waals surface area contributed by atoms with Crippen LogP contribution in [0.5, 0.6) is 5.75 Å². The van der Waals surface area contributed by atoms with E-state index in [1.165, 1.54) is 33.1 Å². The van der Waals surface area contributed by atoms with Gasteiger partial charge in [-0.15, -0.1) is 22.7 Å². The van der Waals surface area contributed by atoms with Gasteiger partial charge in [0.1, 0.15) is 10.6 Å². The van der Waals surface area contributed by atoms with E-state index in [-0.39, 0.29) is 6.61 Å². The Morgan fingerprint density at radius 1 is 1.21 bits per heavy atom. The molecule has 1 aromatic carbocycles. The molecule has 0 saturated carbocycles. The van der Waals surface area contributed by atoms with E-state index in [9.17, 15) is 9.59 Å². The maximum atomic E-state index is 12.1. The number of methoxy groups -OCH3 is 1. The Balaban J connectivity index is 1.31. The molecule has 1 N–H and O–H groups in total. The van der Waals surface area contributed by atoms with Crippen molar-refractivity contribution in [3.63, 3.8) is 0 Å². The summed E-state index contributed by atoms with van der Waals surface area (Å²) in [6.07, 6.45) is 3.18. The van der Waals surface area contributed by atoms with Crippen LogP contribution in [0.2, 0.25) is 0 Å². The predicted octanol–water partition coefficient (Wildman–Crippen LogP) is 4.16. The van der Waals surface area contributed by atoms with Crippen LogP contribution in [0.1, 0.15) is 26.5 Å². The second-order valence-corrected chi connectivity index (χ2v) is 8.30. The van der Waals surface area contributed by atoms with Gasteiger partial charge in [-0.1, -0.05) is 0 Å². The van der Waals surface area contributed by atoms with E-state index in [0.29, 0.717) is 10.0 Å². The van der Waals surface area contributed by atoms with Crippen molar-refractivity contribution in [2.24, 2.45) is 0 Å². The molecule has 0 bridgehead atoms. The number of fused-ring (bicyclic) bond motifs is 1. The Bertz CT molecular complexity index is 986. The van der Waals surface area contributed by atoms with Gasteiger partial charge in [0.25, 0.3) is 5.91 Å². The molecule has 0 fully saturated rings. The van der Waals surface area contributed by atoms with Crippen molar-refractivity contribution in [1.82, 2.24) is 4.98 Å². The first kappa shape index (κ1) is 18.6. The van der Waals surface area contributed by atoms with Gasteiger partial charge in [0, 0.05) is 15.8 Å². The minimum absolute atomic E-state index is 0.334. The van der Waals surface area contributed by atoms with Gasteiger partial charge in [-0.25, -0.2) is 9.78 Å². The van der Waals surface area contributed by atoms with E-state index in [1.807, 2.05) is 35.7 Å². The largest absolute Gasteiger partial charge is 0.497 e. The zero-order valence-corrected chi connectivity index (χ0v) is 16.8. The number of rotatable bonds is 6. The van der Waals surface area contributed by atoms with Gasteiger partial charge in [-0.3, -0.25) is 10.1 Å². The average Bonchev–Trinajstić information content (AvgIpc) is 3.42. The standard InChI is InChI=1S/C20H18N2O4S2/c1-25-14-7-5-12(6-8-14)15-11-27-20(21-15)22-18(23)10-26-19(24)17-9-13-3-2-4-16(13)28-17/h5-9,11H,2-4,10H2,1H3,(H,21,22,23). The maximum absolute atomic E-state index is 12.1. The lowest BCUT2D eigenvalue weighted by Gasteiger charge is -2.03. The molecule has 144 valence electrons. The smallest absolute Gasteiger partial charge is 0.348 e. The van der Waals surface area contributed by atoms with Crippen molar-refractivity contribution >= 4 is 39.7 Å². The number of nitrogens with zero attached hydrogens (tertiary/aromatic N) is 1. The number of carbonyl (C=O) groups is 2. The summed E-state index contributed by atoms with van der Waals surface area (Å²) in [6, 6.07) is 9.40. The van der Waals surface area contributed by atoms with Gasteiger partial charge in [0.2, 0.25) is 0 Å². The fraction of sp³-hybridized carbons (Fsp3) is 0.250. The fourth-order valence-corrected chi connectivity index (χ4v) is 4.90.